The molecule has 8 aliphatic heterocycles. The van der Waals surface area contributed by atoms with E-state index in [4.69, 9.17) is 28.4 Å². The molecule has 1 amide bonds. The van der Waals surface area contributed by atoms with E-state index in [1.54, 1.807) is 0 Å². The third kappa shape index (κ3) is 7.25. The highest BCUT2D eigenvalue weighted by Gasteiger charge is 2.72. The minimum Gasteiger partial charge on any atom is -0.480 e. The Labute approximate surface area is 368 Å². The van der Waals surface area contributed by atoms with Crippen molar-refractivity contribution in [3.05, 3.63) is 29.3 Å². The Morgan fingerprint density at radius 3 is 2.14 bits per heavy atom. The fraction of sp³-hybridized carbons (Fsp3) is 0.833. The van der Waals surface area contributed by atoms with Gasteiger partial charge >= 0.3 is 5.97 Å². The highest BCUT2D eigenvalue weighted by molar-refractivity contribution is 5.88. The van der Waals surface area contributed by atoms with Crippen LogP contribution in [0.1, 0.15) is 126 Å². The lowest BCUT2D eigenvalue weighted by Gasteiger charge is -2.67. The molecule has 10 aliphatic rings. The summed E-state index contributed by atoms with van der Waals surface area (Å²) < 4.78 is 103. The summed E-state index contributed by atoms with van der Waals surface area (Å²) in [5.41, 5.74) is -1.72. The number of nitrogens with one attached hydrogen (secondary N) is 1. The Bertz CT molecular complexity index is 1920. The number of carboxylic acid groups (broad SMARTS) is 1. The molecule has 2 aliphatic carbocycles. The summed E-state index contributed by atoms with van der Waals surface area (Å²) in [5, 5.41) is 12.0. The van der Waals surface area contributed by atoms with Crippen LogP contribution >= 0.6 is 0 Å². The first kappa shape index (κ1) is 45.6. The standard InChI is InChI=1S/C48H68F4N2O9/c1-25-10-12-31-27(3)36(60-43-47(31)23-58-44(5,62-43)18-16-29(25)47)15-14-35(42(57)53-22-38(55)56)54(41-39(51)33(49)21-34(50)40(41)52)20-8-9-37-28(4)32-13-11-26(2)30-17-19-45(6)59-24-48(30,32)46(7,61-37)63-45/h21,25-32,35-37,43H,8-20,22-24H2,1-7H3,(H,53,57)(H,55,56)/t25-,26-,27-,28-,29?,30?,31?,32?,35?,36-,37-,43-,44+,45+,46+,47+,48+/m1/s1. The van der Waals surface area contributed by atoms with Crippen molar-refractivity contribution in [1.29, 1.82) is 0 Å². The molecule has 5 unspecified atom stereocenters. The zero-order chi connectivity index (χ0) is 45.0. The van der Waals surface area contributed by atoms with E-state index in [-0.39, 0.29) is 72.5 Å². The van der Waals surface area contributed by atoms with Crippen molar-refractivity contribution in [1.82, 2.24) is 5.32 Å². The van der Waals surface area contributed by atoms with Crippen molar-refractivity contribution in [3.8, 4) is 0 Å². The summed E-state index contributed by atoms with van der Waals surface area (Å²) in [7, 11) is 0. The molecule has 2 N–H and O–H groups in total. The Morgan fingerprint density at radius 2 is 1.43 bits per heavy atom. The molecule has 352 valence electrons. The topological polar surface area (TPSA) is 125 Å². The molecular weight excluding hydrogens is 825 g/mol. The average molecular weight is 893 g/mol. The van der Waals surface area contributed by atoms with Crippen LogP contribution < -0.4 is 10.2 Å². The average Bonchev–Trinajstić information content (AvgIpc) is 3.59. The predicted octanol–water partition coefficient (Wildman–Crippen LogP) is 8.70. The van der Waals surface area contributed by atoms with Crippen LogP contribution in [0.2, 0.25) is 0 Å². The summed E-state index contributed by atoms with van der Waals surface area (Å²) in [6.45, 7) is 15.0. The van der Waals surface area contributed by atoms with Crippen molar-refractivity contribution < 1.29 is 60.7 Å². The number of halogens is 4. The van der Waals surface area contributed by atoms with Gasteiger partial charge in [-0.2, -0.15) is 0 Å². The van der Waals surface area contributed by atoms with Gasteiger partial charge in [0, 0.05) is 25.5 Å². The Kier molecular flexibility index (Phi) is 11.8. The van der Waals surface area contributed by atoms with Gasteiger partial charge in [0.15, 0.2) is 46.9 Å². The predicted molar refractivity (Wildman–Crippen MR) is 222 cm³/mol. The van der Waals surface area contributed by atoms with Crippen molar-refractivity contribution in [2.75, 3.05) is 31.2 Å². The molecule has 2 spiro atoms. The number of ether oxygens (including phenoxy) is 6. The summed E-state index contributed by atoms with van der Waals surface area (Å²) in [5.74, 6) is -9.20. The Balaban J connectivity index is 1.01. The quantitative estimate of drug-likeness (QED) is 0.156. The van der Waals surface area contributed by atoms with Gasteiger partial charge in [-0.15, -0.1) is 0 Å². The van der Waals surface area contributed by atoms with E-state index in [2.05, 4.69) is 33.0 Å². The van der Waals surface area contributed by atoms with Gasteiger partial charge < -0.3 is 43.7 Å². The number of hydrogen-bond donors (Lipinski definition) is 2. The Morgan fingerprint density at radius 1 is 0.794 bits per heavy atom. The number of aliphatic carboxylic acids is 1. The van der Waals surface area contributed by atoms with E-state index in [9.17, 15) is 14.7 Å². The first-order valence-corrected chi connectivity index (χ1v) is 23.8. The SMILES string of the molecule is C[C@@H]1CCC2[C@@H](C)[C@@H](CCC(C(=O)NCC(=O)O)N(CCC[C@H]3O[C@@]4(C)O[C@@]5(C)CCC6[C@H](C)CCC([C@H]3C)[C@]64CO5)c3c(F)c(F)cc(F)c3F)O[C@@H]3O[C@@]4(C)CCC1[C@@]23CO4. The Hall–Kier alpha value is -2.56. The number of fused-ring (bicyclic) bond motifs is 4. The number of amides is 1. The fourth-order valence-corrected chi connectivity index (χ4v) is 15.0. The number of carbonyl (C=O) groups excluding carboxylic acids is 1. The first-order valence-electron chi connectivity index (χ1n) is 23.8. The molecule has 1 aromatic rings. The van der Waals surface area contributed by atoms with Gasteiger partial charge in [-0.25, -0.2) is 17.6 Å². The second-order valence-corrected chi connectivity index (χ2v) is 21.5. The van der Waals surface area contributed by atoms with Crippen molar-refractivity contribution in [2.45, 2.75) is 167 Å². The van der Waals surface area contributed by atoms with E-state index in [1.165, 1.54) is 0 Å². The smallest absolute Gasteiger partial charge is 0.322 e. The van der Waals surface area contributed by atoms with E-state index < -0.39 is 83.2 Å². The summed E-state index contributed by atoms with van der Waals surface area (Å²) in [6, 6.07) is -1.28. The molecule has 0 aromatic heterocycles. The zero-order valence-electron chi connectivity index (χ0n) is 38.0. The molecule has 11 nitrogen and oxygen atoms in total. The summed E-state index contributed by atoms with van der Waals surface area (Å²) >= 11 is 0. The molecule has 10 fully saturated rings. The second-order valence-electron chi connectivity index (χ2n) is 21.5. The number of hydrogen-bond acceptors (Lipinski definition) is 9. The summed E-state index contributed by atoms with van der Waals surface area (Å²) in [6.07, 6.45) is 6.81. The number of nitrogens with zero attached hydrogens (tertiary/aromatic N) is 1. The highest BCUT2D eigenvalue weighted by atomic mass is 19.2. The molecule has 17 atom stereocenters. The van der Waals surface area contributed by atoms with Crippen LogP contribution in [0.4, 0.5) is 23.2 Å². The first-order chi connectivity index (χ1) is 29.8. The lowest BCUT2D eigenvalue weighted by atomic mass is 9.48. The van der Waals surface area contributed by atoms with Crippen LogP contribution in [0, 0.1) is 81.4 Å². The van der Waals surface area contributed by atoms with E-state index in [0.29, 0.717) is 43.3 Å². The number of rotatable bonds is 12. The molecule has 0 radical (unpaired) electrons. The number of carboxylic acids is 1. The van der Waals surface area contributed by atoms with Crippen LogP contribution in [0.5, 0.6) is 0 Å². The lowest BCUT2D eigenvalue weighted by Crippen LogP contribution is -2.72. The van der Waals surface area contributed by atoms with Gasteiger partial charge in [0.1, 0.15) is 18.3 Å². The van der Waals surface area contributed by atoms with Crippen molar-refractivity contribution in [2.24, 2.45) is 58.2 Å². The van der Waals surface area contributed by atoms with Crippen molar-refractivity contribution >= 4 is 17.6 Å². The molecule has 15 heteroatoms. The largest absolute Gasteiger partial charge is 0.480 e. The van der Waals surface area contributed by atoms with Gasteiger partial charge in [-0.05, 0) is 119 Å². The fourth-order valence-electron chi connectivity index (χ4n) is 15.0. The molecule has 1 aromatic carbocycles. The monoisotopic (exact) mass is 892 g/mol. The van der Waals surface area contributed by atoms with Crippen LogP contribution in [-0.4, -0.2) is 85.2 Å². The van der Waals surface area contributed by atoms with Crippen molar-refractivity contribution in [3.63, 3.8) is 0 Å². The second kappa shape index (κ2) is 16.3. The third-order valence-electron chi connectivity index (χ3n) is 18.3. The highest BCUT2D eigenvalue weighted by Crippen LogP contribution is 2.68. The molecule has 8 heterocycles. The molecule has 4 bridgehead atoms. The normalized spacial score (nSPS) is 45.3. The van der Waals surface area contributed by atoms with Gasteiger partial charge in [0.25, 0.3) is 0 Å². The maximum atomic E-state index is 16.1. The van der Waals surface area contributed by atoms with Crippen LogP contribution in [0.3, 0.4) is 0 Å². The molecule has 11 rings (SSSR count). The van der Waals surface area contributed by atoms with Crippen LogP contribution in [0.15, 0.2) is 6.07 Å². The molecule has 2 saturated carbocycles. The van der Waals surface area contributed by atoms with Crippen LogP contribution in [-0.2, 0) is 38.0 Å². The summed E-state index contributed by atoms with van der Waals surface area (Å²) in [4.78, 5) is 27.1. The van der Waals surface area contributed by atoms with Gasteiger partial charge in [0.05, 0.1) is 36.3 Å². The third-order valence-corrected chi connectivity index (χ3v) is 18.3. The minimum atomic E-state index is -1.64. The molecular formula is C48H68F4N2O9. The maximum absolute atomic E-state index is 16.1. The van der Waals surface area contributed by atoms with Gasteiger partial charge in [-0.1, -0.05) is 40.5 Å². The van der Waals surface area contributed by atoms with Crippen LogP contribution in [0.25, 0.3) is 0 Å². The number of benzene rings is 1. The minimum absolute atomic E-state index is 0.0201. The molecule has 8 saturated heterocycles. The van der Waals surface area contributed by atoms with E-state index in [1.807, 2.05) is 20.8 Å². The number of anilines is 1. The maximum Gasteiger partial charge on any atom is 0.322 e. The van der Waals surface area contributed by atoms with E-state index in [0.717, 1.165) is 56.3 Å². The zero-order valence-corrected chi connectivity index (χ0v) is 38.0. The number of carbonyl (C=O) groups is 2. The lowest BCUT2D eigenvalue weighted by molar-refractivity contribution is -0.471. The molecule has 63 heavy (non-hydrogen) atoms. The van der Waals surface area contributed by atoms with E-state index >= 15 is 17.6 Å². The van der Waals surface area contributed by atoms with Gasteiger partial charge in [-0.3, -0.25) is 9.59 Å². The van der Waals surface area contributed by atoms with Gasteiger partial charge in [0.2, 0.25) is 5.91 Å².